The third kappa shape index (κ3) is 5.20. The van der Waals surface area contributed by atoms with Crippen molar-refractivity contribution >= 4 is 24.5 Å². The van der Waals surface area contributed by atoms with E-state index in [0.717, 1.165) is 11.1 Å². The fourth-order valence-electron chi connectivity index (χ4n) is 2.60. The van der Waals surface area contributed by atoms with Crippen LogP contribution in [-0.2, 0) is 29.2 Å². The molecule has 0 saturated carbocycles. The van der Waals surface area contributed by atoms with Gasteiger partial charge in [0.15, 0.2) is 5.78 Å². The standard InChI is InChI=1S/C20H20N4O3S/c25-17(14-28)12-24-18(19(22-23-24)16-9-5-2-6-10-16)13-27-20(26)21-11-15-7-3-1-4-8-15/h1-10,28H,11-14H2,(H,21,26). The smallest absolute Gasteiger partial charge is 0.407 e. The number of alkyl carbamates (subject to hydrolysis) is 1. The molecule has 7 nitrogen and oxygen atoms in total. The van der Waals surface area contributed by atoms with Gasteiger partial charge in [0.2, 0.25) is 0 Å². The van der Waals surface area contributed by atoms with Crippen LogP contribution in [-0.4, -0.2) is 32.6 Å². The van der Waals surface area contributed by atoms with Crippen LogP contribution in [0.3, 0.4) is 0 Å². The van der Waals surface area contributed by atoms with Crippen LogP contribution in [0.1, 0.15) is 11.3 Å². The topological polar surface area (TPSA) is 86.1 Å². The minimum absolute atomic E-state index is 0.0215. The molecular weight excluding hydrogens is 376 g/mol. The SMILES string of the molecule is O=C(CS)Cn1nnc(-c2ccccc2)c1COC(=O)NCc1ccccc1. The predicted octanol–water partition coefficient (Wildman–Crippen LogP) is 2.87. The van der Waals surface area contributed by atoms with Crippen LogP contribution in [0.15, 0.2) is 60.7 Å². The molecule has 2 aromatic carbocycles. The summed E-state index contributed by atoms with van der Waals surface area (Å²) < 4.78 is 6.79. The maximum absolute atomic E-state index is 12.1. The second-order valence-corrected chi connectivity index (χ2v) is 6.34. The zero-order valence-electron chi connectivity index (χ0n) is 15.1. The van der Waals surface area contributed by atoms with E-state index < -0.39 is 6.09 Å². The number of hydrogen-bond acceptors (Lipinski definition) is 6. The number of ketones is 1. The Bertz CT molecular complexity index is 929. The van der Waals surface area contributed by atoms with Crippen LogP contribution in [0.25, 0.3) is 11.3 Å². The number of benzene rings is 2. The lowest BCUT2D eigenvalue weighted by molar-refractivity contribution is -0.117. The first-order valence-electron chi connectivity index (χ1n) is 8.72. The number of carbonyl (C=O) groups is 2. The Labute approximate surface area is 168 Å². The summed E-state index contributed by atoms with van der Waals surface area (Å²) in [5.41, 5.74) is 2.92. The maximum atomic E-state index is 12.1. The average molecular weight is 396 g/mol. The molecule has 3 aromatic rings. The van der Waals surface area contributed by atoms with Gasteiger partial charge in [0.05, 0.1) is 5.75 Å². The van der Waals surface area contributed by atoms with Crippen molar-refractivity contribution < 1.29 is 14.3 Å². The van der Waals surface area contributed by atoms with Crippen molar-refractivity contribution in [3.63, 3.8) is 0 Å². The van der Waals surface area contributed by atoms with Crippen LogP contribution in [0.4, 0.5) is 4.79 Å². The molecule has 1 aromatic heterocycles. The molecule has 28 heavy (non-hydrogen) atoms. The van der Waals surface area contributed by atoms with Crippen LogP contribution in [0, 0.1) is 0 Å². The van der Waals surface area contributed by atoms with Gasteiger partial charge >= 0.3 is 6.09 Å². The highest BCUT2D eigenvalue weighted by atomic mass is 32.1. The molecule has 0 radical (unpaired) electrons. The number of carbonyl (C=O) groups excluding carboxylic acids is 2. The first kappa shape index (κ1) is 19.6. The summed E-state index contributed by atoms with van der Waals surface area (Å²) in [6.45, 7) is 0.326. The van der Waals surface area contributed by atoms with Gasteiger partial charge in [0.25, 0.3) is 0 Å². The fraction of sp³-hybridized carbons (Fsp3) is 0.200. The average Bonchev–Trinajstić information content (AvgIpc) is 3.14. The lowest BCUT2D eigenvalue weighted by Gasteiger charge is -2.10. The second kappa shape index (κ2) is 9.70. The number of Topliss-reactive ketones (excluding diaryl/α,β-unsaturated/α-hetero) is 1. The second-order valence-electron chi connectivity index (χ2n) is 6.02. The molecule has 1 amide bonds. The van der Waals surface area contributed by atoms with Crippen LogP contribution in [0.2, 0.25) is 0 Å². The van der Waals surface area contributed by atoms with E-state index in [1.807, 2.05) is 60.7 Å². The molecule has 0 aliphatic carbocycles. The predicted molar refractivity (Wildman–Crippen MR) is 108 cm³/mol. The molecule has 0 spiro atoms. The van der Waals surface area contributed by atoms with Gasteiger partial charge in [0, 0.05) is 12.1 Å². The van der Waals surface area contributed by atoms with Crippen molar-refractivity contribution in [2.24, 2.45) is 0 Å². The summed E-state index contributed by atoms with van der Waals surface area (Å²) in [4.78, 5) is 23.9. The molecule has 0 aliphatic heterocycles. The van der Waals surface area contributed by atoms with E-state index in [0.29, 0.717) is 17.9 Å². The van der Waals surface area contributed by atoms with Gasteiger partial charge in [-0.1, -0.05) is 65.9 Å². The molecule has 1 heterocycles. The summed E-state index contributed by atoms with van der Waals surface area (Å²) in [7, 11) is 0. The zero-order valence-corrected chi connectivity index (χ0v) is 16.0. The van der Waals surface area contributed by atoms with E-state index in [1.165, 1.54) is 4.68 Å². The molecule has 0 saturated heterocycles. The van der Waals surface area contributed by atoms with E-state index in [4.69, 9.17) is 4.74 Å². The van der Waals surface area contributed by atoms with Crippen molar-refractivity contribution in [3.8, 4) is 11.3 Å². The first-order valence-corrected chi connectivity index (χ1v) is 9.35. The number of nitrogens with zero attached hydrogens (tertiary/aromatic N) is 3. The van der Waals surface area contributed by atoms with Crippen molar-refractivity contribution in [2.45, 2.75) is 19.7 Å². The van der Waals surface area contributed by atoms with Gasteiger partial charge in [-0.2, -0.15) is 12.6 Å². The Morgan fingerprint density at radius 2 is 1.71 bits per heavy atom. The normalized spacial score (nSPS) is 10.5. The maximum Gasteiger partial charge on any atom is 0.407 e. The summed E-state index contributed by atoms with van der Waals surface area (Å²) in [6.07, 6.45) is -0.559. The van der Waals surface area contributed by atoms with Crippen molar-refractivity contribution in [1.29, 1.82) is 0 Å². The molecule has 144 valence electrons. The van der Waals surface area contributed by atoms with Crippen molar-refractivity contribution in [1.82, 2.24) is 20.3 Å². The minimum atomic E-state index is -0.559. The first-order chi connectivity index (χ1) is 13.7. The number of ether oxygens (including phenoxy) is 1. The van der Waals surface area contributed by atoms with Gasteiger partial charge in [-0.3, -0.25) is 4.79 Å². The number of nitrogens with one attached hydrogen (secondary N) is 1. The highest BCUT2D eigenvalue weighted by molar-refractivity contribution is 7.81. The summed E-state index contributed by atoms with van der Waals surface area (Å²) in [5.74, 6) is -0.0131. The lowest BCUT2D eigenvalue weighted by atomic mass is 10.1. The van der Waals surface area contributed by atoms with Crippen molar-refractivity contribution in [2.75, 3.05) is 5.75 Å². The van der Waals surface area contributed by atoms with Gasteiger partial charge in [-0.25, -0.2) is 9.48 Å². The number of aromatic nitrogens is 3. The van der Waals surface area contributed by atoms with E-state index in [-0.39, 0.29) is 24.7 Å². The van der Waals surface area contributed by atoms with E-state index in [9.17, 15) is 9.59 Å². The Hall–Kier alpha value is -3.13. The Balaban J connectivity index is 1.70. The van der Waals surface area contributed by atoms with Gasteiger partial charge < -0.3 is 10.1 Å². The molecule has 1 N–H and O–H groups in total. The fourth-order valence-corrected chi connectivity index (χ4v) is 2.70. The Morgan fingerprint density at radius 3 is 2.39 bits per heavy atom. The number of amides is 1. The minimum Gasteiger partial charge on any atom is -0.443 e. The number of rotatable bonds is 8. The number of thiol groups is 1. The Kier molecular flexibility index (Phi) is 6.80. The van der Waals surface area contributed by atoms with E-state index >= 15 is 0 Å². The zero-order chi connectivity index (χ0) is 19.8. The molecule has 0 bridgehead atoms. The molecule has 0 aliphatic rings. The third-order valence-corrected chi connectivity index (χ3v) is 4.36. The quantitative estimate of drug-likeness (QED) is 0.572. The lowest BCUT2D eigenvalue weighted by Crippen LogP contribution is -2.24. The summed E-state index contributed by atoms with van der Waals surface area (Å²) in [5, 5.41) is 10.9. The van der Waals surface area contributed by atoms with Crippen molar-refractivity contribution in [3.05, 3.63) is 71.9 Å². The van der Waals surface area contributed by atoms with E-state index in [2.05, 4.69) is 28.3 Å². The van der Waals surface area contributed by atoms with E-state index in [1.54, 1.807) is 0 Å². The van der Waals surface area contributed by atoms with Gasteiger partial charge in [-0.05, 0) is 5.56 Å². The molecule has 0 atom stereocenters. The Morgan fingerprint density at radius 1 is 1.04 bits per heavy atom. The monoisotopic (exact) mass is 396 g/mol. The molecule has 3 rings (SSSR count). The summed E-state index contributed by atoms with van der Waals surface area (Å²) in [6, 6.07) is 19.0. The highest BCUT2D eigenvalue weighted by Gasteiger charge is 2.18. The van der Waals surface area contributed by atoms with Crippen LogP contribution >= 0.6 is 12.6 Å². The van der Waals surface area contributed by atoms with Crippen LogP contribution in [0.5, 0.6) is 0 Å². The molecular formula is C20H20N4O3S. The highest BCUT2D eigenvalue weighted by Crippen LogP contribution is 2.21. The summed E-state index contributed by atoms with van der Waals surface area (Å²) >= 11 is 4.00. The third-order valence-electron chi connectivity index (χ3n) is 4.01. The molecule has 0 unspecified atom stereocenters. The van der Waals surface area contributed by atoms with Crippen LogP contribution < -0.4 is 5.32 Å². The van der Waals surface area contributed by atoms with Gasteiger partial charge in [0.1, 0.15) is 24.5 Å². The largest absolute Gasteiger partial charge is 0.443 e. The molecule has 8 heteroatoms. The number of hydrogen-bond donors (Lipinski definition) is 2. The molecule has 0 fully saturated rings. The van der Waals surface area contributed by atoms with Gasteiger partial charge in [-0.15, -0.1) is 5.10 Å².